The van der Waals surface area contributed by atoms with Crippen molar-refractivity contribution >= 4 is 5.97 Å². The Morgan fingerprint density at radius 3 is 1.07 bits per heavy atom. The molecule has 0 aromatic carbocycles. The van der Waals surface area contributed by atoms with E-state index in [0.29, 0.717) is 0 Å². The lowest BCUT2D eigenvalue weighted by atomic mass is 10.00. The summed E-state index contributed by atoms with van der Waals surface area (Å²) >= 11 is 0. The fourth-order valence-electron chi connectivity index (χ4n) is 3.14. The summed E-state index contributed by atoms with van der Waals surface area (Å²) in [4.78, 5) is 24.7. The van der Waals surface area contributed by atoms with Crippen molar-refractivity contribution in [1.29, 1.82) is 0 Å². The van der Waals surface area contributed by atoms with Gasteiger partial charge in [-0.3, -0.25) is 10.5 Å². The SMILES string of the molecule is O=C1OC(CO)[C@@H](O)[C@H](O)C1O.O=O.OCC1O[C@@H](O)C(O)[C@@H](O)[C@@H]1O.OCC1O[C@H](O)C(O)[C@@H](O)[C@@H]1O.OO. The van der Waals surface area contributed by atoms with Gasteiger partial charge in [0.1, 0.15) is 61.0 Å². The zero-order valence-electron chi connectivity index (χ0n) is 20.3. The molecule has 0 aliphatic carbocycles. The van der Waals surface area contributed by atoms with Gasteiger partial charge in [0.15, 0.2) is 24.8 Å². The van der Waals surface area contributed by atoms with Crippen LogP contribution in [-0.2, 0) is 19.0 Å². The maximum absolute atomic E-state index is 10.7. The lowest BCUT2D eigenvalue weighted by Gasteiger charge is -2.37. The third-order valence-electron chi connectivity index (χ3n) is 5.48. The molecule has 14 atom stereocenters. The molecule has 6 unspecified atom stereocenters. The first kappa shape index (κ1) is 40.5. The number of ether oxygens (including phenoxy) is 3. The smallest absolute Gasteiger partial charge is 0.338 e. The Labute approximate surface area is 223 Å². The third kappa shape index (κ3) is 11.0. The summed E-state index contributed by atoms with van der Waals surface area (Å²) in [5, 5.41) is 137. The highest BCUT2D eigenvalue weighted by Crippen LogP contribution is 2.20. The van der Waals surface area contributed by atoms with Crippen LogP contribution in [0.3, 0.4) is 0 Å². The molecule has 40 heavy (non-hydrogen) atoms. The number of hydrogen-bond donors (Lipinski definition) is 16. The van der Waals surface area contributed by atoms with Crippen LogP contribution in [0.2, 0.25) is 0 Å². The van der Waals surface area contributed by atoms with Crippen molar-refractivity contribution in [2.75, 3.05) is 19.8 Å². The highest BCUT2D eigenvalue weighted by atomic mass is 17.0. The minimum atomic E-state index is -1.73. The van der Waals surface area contributed by atoms with Gasteiger partial charge in [-0.05, 0) is 0 Å². The highest BCUT2D eigenvalue weighted by molar-refractivity contribution is 5.76. The Morgan fingerprint density at radius 1 is 0.475 bits per heavy atom. The molecule has 0 aromatic heterocycles. The van der Waals surface area contributed by atoms with Gasteiger partial charge in [-0.15, -0.1) is 0 Å². The molecule has 22 heteroatoms. The van der Waals surface area contributed by atoms with E-state index in [1.807, 2.05) is 0 Å². The Morgan fingerprint density at radius 2 is 0.775 bits per heavy atom. The summed E-state index contributed by atoms with van der Waals surface area (Å²) in [6.07, 6.45) is -20.0. The van der Waals surface area contributed by atoms with Crippen LogP contribution in [0, 0.1) is 9.93 Å². The van der Waals surface area contributed by atoms with Crippen molar-refractivity contribution in [3.05, 3.63) is 9.93 Å². The summed E-state index contributed by atoms with van der Waals surface area (Å²) < 4.78 is 13.5. The van der Waals surface area contributed by atoms with E-state index in [4.69, 9.17) is 91.9 Å². The summed E-state index contributed by atoms with van der Waals surface area (Å²) in [5.74, 6) is -1.04. The summed E-state index contributed by atoms with van der Waals surface area (Å²) in [6, 6.07) is 0. The molecule has 3 heterocycles. The van der Waals surface area contributed by atoms with Crippen LogP contribution in [0.1, 0.15) is 0 Å². The Hall–Kier alpha value is -1.65. The minimum Gasteiger partial charge on any atom is -0.455 e. The van der Waals surface area contributed by atoms with Gasteiger partial charge in [-0.25, -0.2) is 4.79 Å². The second-order valence-electron chi connectivity index (χ2n) is 8.02. The Balaban J connectivity index is 0. The van der Waals surface area contributed by atoms with Crippen LogP contribution >= 0.6 is 0 Å². The highest BCUT2D eigenvalue weighted by Gasteiger charge is 2.44. The second kappa shape index (κ2) is 20.3. The van der Waals surface area contributed by atoms with E-state index in [1.165, 1.54) is 0 Å². The van der Waals surface area contributed by atoms with Gasteiger partial charge in [0.05, 0.1) is 19.8 Å². The predicted octanol–water partition coefficient (Wildman–Crippen LogP) is -9.37. The lowest BCUT2D eigenvalue weighted by Crippen LogP contribution is -2.58. The van der Waals surface area contributed by atoms with Crippen LogP contribution in [0.15, 0.2) is 0 Å². The molecule has 240 valence electrons. The van der Waals surface area contributed by atoms with Crippen molar-refractivity contribution < 1.29 is 101 Å². The molecule has 16 N–H and O–H groups in total. The molecular formula is C18H36O22. The van der Waals surface area contributed by atoms with Gasteiger partial charge in [0, 0.05) is 9.93 Å². The largest absolute Gasteiger partial charge is 0.455 e. The van der Waals surface area contributed by atoms with E-state index in [9.17, 15) is 4.79 Å². The number of carbonyl (C=O) groups excluding carboxylic acids is 1. The van der Waals surface area contributed by atoms with Crippen molar-refractivity contribution in [3.63, 3.8) is 0 Å². The first-order valence-electron chi connectivity index (χ1n) is 10.9. The van der Waals surface area contributed by atoms with E-state index < -0.39 is 112 Å². The number of aliphatic hydroxyl groups excluding tert-OH is 14. The average molecular weight is 604 g/mol. The third-order valence-corrected chi connectivity index (χ3v) is 5.48. The molecule has 3 fully saturated rings. The molecule has 3 saturated heterocycles. The van der Waals surface area contributed by atoms with E-state index in [0.717, 1.165) is 0 Å². The van der Waals surface area contributed by atoms with E-state index in [-0.39, 0.29) is 0 Å². The number of esters is 1. The maximum Gasteiger partial charge on any atom is 0.338 e. The van der Waals surface area contributed by atoms with Gasteiger partial charge in [0.25, 0.3) is 0 Å². The quantitative estimate of drug-likeness (QED) is 0.0807. The van der Waals surface area contributed by atoms with Gasteiger partial charge in [-0.1, -0.05) is 0 Å². The van der Waals surface area contributed by atoms with Crippen LogP contribution in [-0.4, -0.2) is 194 Å². The monoisotopic (exact) mass is 604 g/mol. The summed E-state index contributed by atoms with van der Waals surface area (Å²) in [5.41, 5.74) is 0. The van der Waals surface area contributed by atoms with Crippen LogP contribution in [0.4, 0.5) is 0 Å². The number of hydrogen-bond acceptors (Lipinski definition) is 22. The fourth-order valence-corrected chi connectivity index (χ4v) is 3.14. The zero-order valence-corrected chi connectivity index (χ0v) is 20.3. The van der Waals surface area contributed by atoms with Gasteiger partial charge in [-0.2, -0.15) is 0 Å². The molecular weight excluding hydrogens is 568 g/mol. The maximum atomic E-state index is 10.7. The molecule has 0 radical (unpaired) electrons. The van der Waals surface area contributed by atoms with Crippen LogP contribution < -0.4 is 0 Å². The molecule has 0 amide bonds. The van der Waals surface area contributed by atoms with Crippen molar-refractivity contribution in [2.45, 2.75) is 85.8 Å². The first-order chi connectivity index (χ1) is 18.7. The normalized spacial score (nSPS) is 42.5. The summed E-state index contributed by atoms with van der Waals surface area (Å²) in [6.45, 7) is -1.64. The number of carbonyl (C=O) groups is 1. The zero-order chi connectivity index (χ0) is 31.9. The number of rotatable bonds is 3. The molecule has 0 saturated carbocycles. The number of aliphatic hydroxyl groups is 14. The molecule has 3 rings (SSSR count). The predicted molar refractivity (Wildman–Crippen MR) is 119 cm³/mol. The molecule has 3 aliphatic rings. The van der Waals surface area contributed by atoms with Crippen molar-refractivity contribution in [3.8, 4) is 0 Å². The van der Waals surface area contributed by atoms with Crippen molar-refractivity contribution in [2.24, 2.45) is 0 Å². The van der Waals surface area contributed by atoms with E-state index in [1.54, 1.807) is 0 Å². The Kier molecular flexibility index (Phi) is 20.5. The van der Waals surface area contributed by atoms with Crippen LogP contribution in [0.25, 0.3) is 0 Å². The van der Waals surface area contributed by atoms with Gasteiger partial charge in [0.2, 0.25) is 0 Å². The summed E-state index contributed by atoms with van der Waals surface area (Å²) in [7, 11) is 0. The average Bonchev–Trinajstić information content (AvgIpc) is 2.98. The van der Waals surface area contributed by atoms with Gasteiger partial charge >= 0.3 is 5.97 Å². The van der Waals surface area contributed by atoms with Crippen LogP contribution in [0.5, 0.6) is 0 Å². The molecule has 3 aliphatic heterocycles. The Bertz CT molecular complexity index is 626. The van der Waals surface area contributed by atoms with Crippen molar-refractivity contribution in [1.82, 2.24) is 0 Å². The standard InChI is InChI=1S/2C6H12O6.C6H10O6.H2O2.O2/c3*7-1-2-3(8)4(9)5(10)6(11)12-2;2*1-2/h2*2-11H,1H2;2-5,7-10H,1H2;1-2H;/t2?,3-,4+,5?,6+;2?,3-,4+,5?,6-;2?,3-,4+,5?;;/m111../s1. The molecule has 0 bridgehead atoms. The fraction of sp³-hybridized carbons (Fsp3) is 0.944. The van der Waals surface area contributed by atoms with E-state index >= 15 is 0 Å². The van der Waals surface area contributed by atoms with Gasteiger partial charge < -0.3 is 85.7 Å². The minimum absolute atomic E-state index is 0.526. The lowest BCUT2D eigenvalue weighted by molar-refractivity contribution is -0.286. The molecule has 22 nitrogen and oxygen atoms in total. The first-order valence-corrected chi connectivity index (χ1v) is 10.9. The number of cyclic esters (lactones) is 1. The molecule has 0 spiro atoms. The molecule has 0 aromatic rings. The van der Waals surface area contributed by atoms with E-state index in [2.05, 4.69) is 14.2 Å². The topological polar surface area (TPSA) is 403 Å². The second-order valence-corrected chi connectivity index (χ2v) is 8.02.